The van der Waals surface area contributed by atoms with E-state index < -0.39 is 23.4 Å². The maximum atomic E-state index is 12.9. The average molecular weight is 420 g/mol. The lowest BCUT2D eigenvalue weighted by Gasteiger charge is -2.16. The van der Waals surface area contributed by atoms with Crippen LogP contribution in [0.4, 0.5) is 5.69 Å². The molecule has 154 valence electrons. The Morgan fingerprint density at radius 3 is 2.24 bits per heavy atom. The number of esters is 2. The van der Waals surface area contributed by atoms with Crippen molar-refractivity contribution in [3.8, 4) is 0 Å². The smallest absolute Gasteiger partial charge is 0.307 e. The summed E-state index contributed by atoms with van der Waals surface area (Å²) in [5, 5.41) is 7.70. The first-order valence-corrected chi connectivity index (χ1v) is 9.51. The highest BCUT2D eigenvalue weighted by molar-refractivity contribution is 6.30. The van der Waals surface area contributed by atoms with Crippen molar-refractivity contribution in [2.45, 2.75) is 37.1 Å². The second-order valence-corrected chi connectivity index (χ2v) is 7.40. The number of carbonyl (C=O) groups excluding carboxylic acids is 3. The normalized spacial score (nSPS) is 14.3. The second kappa shape index (κ2) is 8.65. The Kier molecular flexibility index (Phi) is 6.22. The zero-order chi connectivity index (χ0) is 21.0. The lowest BCUT2D eigenvalue weighted by molar-refractivity contribution is -0.144. The number of amides is 1. The number of benzene rings is 1. The van der Waals surface area contributed by atoms with Crippen molar-refractivity contribution < 1.29 is 23.9 Å². The van der Waals surface area contributed by atoms with Crippen LogP contribution in [0.2, 0.25) is 5.02 Å². The SMILES string of the molecule is COC(=O)CC(CC(=O)OC)n1cc(NC(=O)C2(c3ccc(Cl)cc3)CC2)cn1. The van der Waals surface area contributed by atoms with Crippen molar-refractivity contribution in [1.29, 1.82) is 0 Å². The number of nitrogens with zero attached hydrogens (tertiary/aromatic N) is 2. The predicted molar refractivity (Wildman–Crippen MR) is 106 cm³/mol. The van der Waals surface area contributed by atoms with Gasteiger partial charge in [0.25, 0.3) is 0 Å². The van der Waals surface area contributed by atoms with Crippen molar-refractivity contribution >= 4 is 35.1 Å². The van der Waals surface area contributed by atoms with Crippen LogP contribution < -0.4 is 5.32 Å². The Morgan fingerprint density at radius 2 is 1.72 bits per heavy atom. The van der Waals surface area contributed by atoms with Crippen LogP contribution in [0.25, 0.3) is 0 Å². The third-order valence-electron chi connectivity index (χ3n) is 5.07. The maximum Gasteiger partial charge on any atom is 0.307 e. The Balaban J connectivity index is 1.72. The summed E-state index contributed by atoms with van der Waals surface area (Å²) in [7, 11) is 2.55. The highest BCUT2D eigenvalue weighted by Gasteiger charge is 2.51. The topological polar surface area (TPSA) is 99.5 Å². The summed E-state index contributed by atoms with van der Waals surface area (Å²) in [5.41, 5.74) is 0.834. The van der Waals surface area contributed by atoms with Crippen LogP contribution in [0.15, 0.2) is 36.7 Å². The zero-order valence-corrected chi connectivity index (χ0v) is 16.9. The molecule has 9 heteroatoms. The number of nitrogens with one attached hydrogen (secondary N) is 1. The van der Waals surface area contributed by atoms with Crippen LogP contribution in [-0.4, -0.2) is 41.8 Å². The summed E-state index contributed by atoms with van der Waals surface area (Å²) in [6.07, 6.45) is 4.48. The highest BCUT2D eigenvalue weighted by Crippen LogP contribution is 2.49. The zero-order valence-electron chi connectivity index (χ0n) is 16.2. The largest absolute Gasteiger partial charge is 0.469 e. The van der Waals surface area contributed by atoms with Gasteiger partial charge in [0.1, 0.15) is 0 Å². The maximum absolute atomic E-state index is 12.9. The van der Waals surface area contributed by atoms with E-state index >= 15 is 0 Å². The number of anilines is 1. The van der Waals surface area contributed by atoms with Crippen molar-refractivity contribution in [3.63, 3.8) is 0 Å². The number of aromatic nitrogens is 2. The quantitative estimate of drug-likeness (QED) is 0.660. The third-order valence-corrected chi connectivity index (χ3v) is 5.33. The molecule has 1 aromatic carbocycles. The molecule has 8 nitrogen and oxygen atoms in total. The fraction of sp³-hybridized carbons (Fsp3) is 0.400. The summed E-state index contributed by atoms with van der Waals surface area (Å²) in [5.74, 6) is -1.07. The Labute approximate surface area is 173 Å². The summed E-state index contributed by atoms with van der Waals surface area (Å²) < 4.78 is 10.8. The van der Waals surface area contributed by atoms with Crippen LogP contribution in [0.5, 0.6) is 0 Å². The van der Waals surface area contributed by atoms with Gasteiger partial charge in [-0.25, -0.2) is 0 Å². The van der Waals surface area contributed by atoms with Gasteiger partial charge >= 0.3 is 11.9 Å². The molecule has 0 aliphatic heterocycles. The molecule has 1 amide bonds. The number of rotatable bonds is 8. The molecule has 1 heterocycles. The minimum absolute atomic E-state index is 0.0463. The van der Waals surface area contributed by atoms with E-state index in [0.717, 1.165) is 18.4 Å². The summed E-state index contributed by atoms with van der Waals surface area (Å²) in [6, 6.07) is 6.69. The molecule has 0 saturated heterocycles. The van der Waals surface area contributed by atoms with Crippen LogP contribution >= 0.6 is 11.6 Å². The van der Waals surface area contributed by atoms with E-state index in [9.17, 15) is 14.4 Å². The molecular formula is C20H22ClN3O5. The van der Waals surface area contributed by atoms with Gasteiger partial charge in [0.15, 0.2) is 0 Å². The second-order valence-electron chi connectivity index (χ2n) is 6.97. The molecule has 0 atom stereocenters. The van der Waals surface area contributed by atoms with Gasteiger partial charge in [-0.15, -0.1) is 0 Å². The number of hydrogen-bond acceptors (Lipinski definition) is 6. The van der Waals surface area contributed by atoms with Gasteiger partial charge < -0.3 is 14.8 Å². The van der Waals surface area contributed by atoms with E-state index in [-0.39, 0.29) is 18.7 Å². The van der Waals surface area contributed by atoms with Crippen molar-refractivity contribution in [3.05, 3.63) is 47.2 Å². The minimum Gasteiger partial charge on any atom is -0.469 e. The van der Waals surface area contributed by atoms with Crippen LogP contribution in [-0.2, 0) is 29.3 Å². The minimum atomic E-state index is -0.577. The molecule has 0 spiro atoms. The van der Waals surface area contributed by atoms with E-state index in [1.165, 1.54) is 25.1 Å². The monoisotopic (exact) mass is 419 g/mol. The van der Waals surface area contributed by atoms with Gasteiger partial charge in [-0.1, -0.05) is 23.7 Å². The number of ether oxygens (including phenoxy) is 2. The Hall–Kier alpha value is -2.87. The molecule has 1 saturated carbocycles. The van der Waals surface area contributed by atoms with Crippen LogP contribution in [0, 0.1) is 0 Å². The molecule has 2 aromatic rings. The van der Waals surface area contributed by atoms with Gasteiger partial charge in [-0.05, 0) is 30.5 Å². The van der Waals surface area contributed by atoms with E-state index in [1.54, 1.807) is 18.3 Å². The lowest BCUT2D eigenvalue weighted by Crippen LogP contribution is -2.27. The van der Waals surface area contributed by atoms with Gasteiger partial charge in [0.05, 0.1) is 50.4 Å². The Morgan fingerprint density at radius 1 is 1.14 bits per heavy atom. The van der Waals surface area contributed by atoms with Crippen LogP contribution in [0.1, 0.15) is 37.3 Å². The van der Waals surface area contributed by atoms with E-state index in [4.69, 9.17) is 11.6 Å². The van der Waals surface area contributed by atoms with Gasteiger partial charge in [-0.2, -0.15) is 5.10 Å². The van der Waals surface area contributed by atoms with E-state index in [1.807, 2.05) is 12.1 Å². The van der Waals surface area contributed by atoms with Crippen molar-refractivity contribution in [1.82, 2.24) is 9.78 Å². The molecule has 1 fully saturated rings. The lowest BCUT2D eigenvalue weighted by atomic mass is 9.95. The number of carbonyl (C=O) groups is 3. The number of methoxy groups -OCH3 is 2. The van der Waals surface area contributed by atoms with Crippen molar-refractivity contribution in [2.24, 2.45) is 0 Å². The average Bonchev–Trinajstić information content (AvgIpc) is 3.40. The molecular weight excluding hydrogens is 398 g/mol. The predicted octanol–water partition coefficient (Wildman–Crippen LogP) is 2.87. The van der Waals surface area contributed by atoms with Crippen molar-refractivity contribution in [2.75, 3.05) is 19.5 Å². The fourth-order valence-corrected chi connectivity index (χ4v) is 3.33. The molecule has 0 bridgehead atoms. The Bertz CT molecular complexity index is 887. The first kappa shape index (κ1) is 20.9. The van der Waals surface area contributed by atoms with Gasteiger partial charge in [0.2, 0.25) is 5.91 Å². The summed E-state index contributed by atoms with van der Waals surface area (Å²) >= 11 is 5.94. The van der Waals surface area contributed by atoms with E-state index in [2.05, 4.69) is 19.9 Å². The first-order valence-electron chi connectivity index (χ1n) is 9.13. The molecule has 0 radical (unpaired) electrons. The fourth-order valence-electron chi connectivity index (χ4n) is 3.20. The molecule has 1 aliphatic carbocycles. The standard InChI is InChI=1S/C20H22ClN3O5/c1-28-17(25)9-16(10-18(26)29-2)24-12-15(11-22-24)23-19(27)20(7-8-20)13-3-5-14(21)6-4-13/h3-6,11-12,16H,7-10H2,1-2H3,(H,23,27). The van der Waals surface area contributed by atoms with Gasteiger partial charge in [-0.3, -0.25) is 19.1 Å². The molecule has 29 heavy (non-hydrogen) atoms. The molecule has 1 aromatic heterocycles. The molecule has 1 aliphatic rings. The first-order chi connectivity index (χ1) is 13.9. The van der Waals surface area contributed by atoms with E-state index in [0.29, 0.717) is 10.7 Å². The third kappa shape index (κ3) is 4.76. The molecule has 0 unspecified atom stereocenters. The summed E-state index contributed by atoms with van der Waals surface area (Å²) in [6.45, 7) is 0. The highest BCUT2D eigenvalue weighted by atomic mass is 35.5. The molecule has 3 rings (SSSR count). The van der Waals surface area contributed by atoms with Gasteiger partial charge in [0, 0.05) is 11.2 Å². The number of hydrogen-bond donors (Lipinski definition) is 1. The van der Waals surface area contributed by atoms with Crippen LogP contribution in [0.3, 0.4) is 0 Å². The summed E-state index contributed by atoms with van der Waals surface area (Å²) in [4.78, 5) is 36.2. The molecule has 1 N–H and O–H groups in total. The number of halogens is 1.